The summed E-state index contributed by atoms with van der Waals surface area (Å²) in [5, 5.41) is 0.872. The molecule has 7 nitrogen and oxygen atoms in total. The first kappa shape index (κ1) is 20.8. The molecule has 9 heteroatoms. The van der Waals surface area contributed by atoms with E-state index in [-0.39, 0.29) is 10.8 Å². The highest BCUT2D eigenvalue weighted by Gasteiger charge is 2.37. The Kier molecular flexibility index (Phi) is 5.29. The molecule has 1 amide bonds. The van der Waals surface area contributed by atoms with Crippen molar-refractivity contribution >= 4 is 37.5 Å². The zero-order valence-electron chi connectivity index (χ0n) is 17.0. The van der Waals surface area contributed by atoms with Crippen molar-refractivity contribution in [2.24, 2.45) is 5.73 Å². The predicted octanol–water partition coefficient (Wildman–Crippen LogP) is 3.20. The van der Waals surface area contributed by atoms with Crippen molar-refractivity contribution in [1.29, 1.82) is 0 Å². The van der Waals surface area contributed by atoms with Gasteiger partial charge < -0.3 is 10.5 Å². The molecule has 1 aliphatic heterocycles. The number of primary amides is 1. The molecule has 1 fully saturated rings. The lowest BCUT2D eigenvalue weighted by atomic mass is 9.96. The maximum Gasteiger partial charge on any atom is 0.259 e. The topological polar surface area (TPSA) is 103 Å². The van der Waals surface area contributed by atoms with E-state index in [9.17, 15) is 13.2 Å². The van der Waals surface area contributed by atoms with Gasteiger partial charge in [-0.3, -0.25) is 4.79 Å². The number of methoxy groups -OCH3 is 1. The Labute approximate surface area is 179 Å². The number of ether oxygens (including phenoxy) is 1. The average Bonchev–Trinajstić information content (AvgIpc) is 3.34. The van der Waals surface area contributed by atoms with Gasteiger partial charge in [-0.2, -0.15) is 4.31 Å². The van der Waals surface area contributed by atoms with E-state index in [4.69, 9.17) is 10.5 Å². The van der Waals surface area contributed by atoms with Crippen LogP contribution in [0.3, 0.4) is 0 Å². The minimum Gasteiger partial charge on any atom is -0.496 e. The molecule has 4 rings (SSSR count). The summed E-state index contributed by atoms with van der Waals surface area (Å²) >= 11 is 1.26. The van der Waals surface area contributed by atoms with Crippen molar-refractivity contribution < 1.29 is 17.9 Å². The fourth-order valence-corrected chi connectivity index (χ4v) is 7.00. The van der Waals surface area contributed by atoms with Crippen LogP contribution in [0.5, 0.6) is 5.75 Å². The molecule has 2 N–H and O–H groups in total. The number of carbonyl (C=O) groups excluding carboxylic acids is 1. The molecule has 1 aliphatic rings. The first-order valence-corrected chi connectivity index (χ1v) is 11.8. The Hall–Kier alpha value is -2.49. The number of pyridine rings is 1. The lowest BCUT2D eigenvalue weighted by Gasteiger charge is -2.19. The molecule has 3 heterocycles. The zero-order valence-corrected chi connectivity index (χ0v) is 18.6. The number of hydrogen-bond donors (Lipinski definition) is 1. The minimum atomic E-state index is -3.68. The van der Waals surface area contributed by atoms with Gasteiger partial charge in [0.25, 0.3) is 5.91 Å². The molecule has 158 valence electrons. The second-order valence-corrected chi connectivity index (χ2v) is 10.4. The van der Waals surface area contributed by atoms with E-state index in [1.165, 1.54) is 15.6 Å². The van der Waals surface area contributed by atoms with Crippen LogP contribution in [0.4, 0.5) is 0 Å². The summed E-state index contributed by atoms with van der Waals surface area (Å²) in [6.45, 7) is 4.28. The second kappa shape index (κ2) is 7.64. The summed E-state index contributed by atoms with van der Waals surface area (Å²) in [6, 6.07) is 7.14. The number of fused-ring (bicyclic) bond motifs is 1. The van der Waals surface area contributed by atoms with Crippen LogP contribution in [-0.2, 0) is 10.0 Å². The van der Waals surface area contributed by atoms with Gasteiger partial charge in [0.2, 0.25) is 10.0 Å². The van der Waals surface area contributed by atoms with Crippen molar-refractivity contribution in [1.82, 2.24) is 9.29 Å². The van der Waals surface area contributed by atoms with E-state index in [0.717, 1.165) is 21.3 Å². The third-order valence-corrected chi connectivity index (χ3v) is 8.75. The molecule has 1 aromatic carbocycles. The number of nitrogens with two attached hydrogens (primary N) is 1. The summed E-state index contributed by atoms with van der Waals surface area (Å²) in [7, 11) is -2.11. The van der Waals surface area contributed by atoms with E-state index in [0.29, 0.717) is 35.7 Å². The third kappa shape index (κ3) is 3.36. The normalized spacial score (nSPS) is 17.5. The largest absolute Gasteiger partial charge is 0.496 e. The molecule has 3 aromatic rings. The molecule has 1 saturated heterocycles. The van der Waals surface area contributed by atoms with Crippen LogP contribution in [0, 0.1) is 13.8 Å². The van der Waals surface area contributed by atoms with Crippen LogP contribution >= 0.6 is 11.3 Å². The molecular weight excluding hydrogens is 422 g/mol. The van der Waals surface area contributed by atoms with Gasteiger partial charge in [0.15, 0.2) is 0 Å². The molecule has 0 spiro atoms. The summed E-state index contributed by atoms with van der Waals surface area (Å²) in [5.41, 5.74) is 7.85. The van der Waals surface area contributed by atoms with E-state index >= 15 is 0 Å². The lowest BCUT2D eigenvalue weighted by Crippen LogP contribution is -2.29. The van der Waals surface area contributed by atoms with Crippen LogP contribution in [0.2, 0.25) is 0 Å². The maximum absolute atomic E-state index is 13.4. The summed E-state index contributed by atoms with van der Waals surface area (Å²) in [4.78, 5) is 17.9. The standard InChI is InChI=1S/C21H23N3O4S2/c1-12-10-17(13(2)9-16(12)28-3)30(26,27)24-8-6-14(11-24)18-15-5-4-7-23-21(15)29-19(18)20(22)25/h4-5,7,9-10,14H,6,8,11H2,1-3H3,(H2,22,25)/t14-/m0/s1. The van der Waals surface area contributed by atoms with Crippen molar-refractivity contribution in [2.75, 3.05) is 20.2 Å². The fraction of sp³-hybridized carbons (Fsp3) is 0.333. The van der Waals surface area contributed by atoms with E-state index in [1.807, 2.05) is 19.1 Å². The highest BCUT2D eigenvalue weighted by molar-refractivity contribution is 7.89. The number of thiophene rings is 1. The fourth-order valence-electron chi connectivity index (χ4n) is 4.12. The molecule has 0 bridgehead atoms. The Balaban J connectivity index is 1.71. The van der Waals surface area contributed by atoms with Gasteiger partial charge in [-0.25, -0.2) is 13.4 Å². The smallest absolute Gasteiger partial charge is 0.259 e. The Morgan fingerprint density at radius 3 is 2.77 bits per heavy atom. The summed E-state index contributed by atoms with van der Waals surface area (Å²) in [6.07, 6.45) is 2.29. The van der Waals surface area contributed by atoms with Gasteiger partial charge in [-0.05, 0) is 55.2 Å². The first-order chi connectivity index (χ1) is 14.2. The van der Waals surface area contributed by atoms with E-state index in [2.05, 4.69) is 4.98 Å². The molecule has 0 saturated carbocycles. The molecule has 0 unspecified atom stereocenters. The number of rotatable bonds is 5. The molecule has 0 radical (unpaired) electrons. The Bertz CT molecular complexity index is 1250. The Morgan fingerprint density at radius 1 is 1.30 bits per heavy atom. The average molecular weight is 446 g/mol. The van der Waals surface area contributed by atoms with Gasteiger partial charge in [0.1, 0.15) is 10.6 Å². The van der Waals surface area contributed by atoms with Gasteiger partial charge in [0.05, 0.1) is 16.9 Å². The SMILES string of the molecule is COc1cc(C)c(S(=O)(=O)N2CC[C@H](c3c(C(N)=O)sc4ncccc34)C2)cc1C. The number of aromatic nitrogens is 1. The van der Waals surface area contributed by atoms with Crippen molar-refractivity contribution in [3.05, 3.63) is 52.0 Å². The number of benzene rings is 1. The summed E-state index contributed by atoms with van der Waals surface area (Å²) in [5.74, 6) is 0.0462. The number of nitrogens with zero attached hydrogens (tertiary/aromatic N) is 2. The van der Waals surface area contributed by atoms with Gasteiger partial charge in [-0.15, -0.1) is 11.3 Å². The quantitative estimate of drug-likeness (QED) is 0.650. The van der Waals surface area contributed by atoms with Gasteiger partial charge in [-0.1, -0.05) is 6.07 Å². The number of carbonyl (C=O) groups is 1. The molecular formula is C21H23N3O4S2. The van der Waals surface area contributed by atoms with Crippen molar-refractivity contribution in [2.45, 2.75) is 31.1 Å². The van der Waals surface area contributed by atoms with Crippen LogP contribution in [0.25, 0.3) is 10.2 Å². The van der Waals surface area contributed by atoms with Crippen molar-refractivity contribution in [3.8, 4) is 5.75 Å². The monoisotopic (exact) mass is 445 g/mol. The molecule has 30 heavy (non-hydrogen) atoms. The van der Waals surface area contributed by atoms with Crippen molar-refractivity contribution in [3.63, 3.8) is 0 Å². The molecule has 2 aromatic heterocycles. The van der Waals surface area contributed by atoms with Gasteiger partial charge in [0, 0.05) is 30.6 Å². The second-order valence-electron chi connectivity index (χ2n) is 7.50. The maximum atomic E-state index is 13.4. The number of aryl methyl sites for hydroxylation is 2. The molecule has 0 aliphatic carbocycles. The highest BCUT2D eigenvalue weighted by atomic mass is 32.2. The first-order valence-electron chi connectivity index (χ1n) is 9.56. The predicted molar refractivity (Wildman–Crippen MR) is 117 cm³/mol. The molecule has 1 atom stereocenters. The zero-order chi connectivity index (χ0) is 21.6. The lowest BCUT2D eigenvalue weighted by molar-refractivity contribution is 0.100. The van der Waals surface area contributed by atoms with E-state index in [1.54, 1.807) is 32.4 Å². The van der Waals surface area contributed by atoms with Crippen LogP contribution < -0.4 is 10.5 Å². The van der Waals surface area contributed by atoms with Crippen LogP contribution in [0.1, 0.15) is 38.7 Å². The minimum absolute atomic E-state index is 0.111. The highest BCUT2D eigenvalue weighted by Crippen LogP contribution is 2.40. The van der Waals surface area contributed by atoms with E-state index < -0.39 is 15.9 Å². The van der Waals surface area contributed by atoms with Crippen LogP contribution in [0.15, 0.2) is 35.4 Å². The Morgan fingerprint density at radius 2 is 2.07 bits per heavy atom. The number of amides is 1. The van der Waals surface area contributed by atoms with Gasteiger partial charge >= 0.3 is 0 Å². The third-order valence-electron chi connectivity index (χ3n) is 5.60. The van der Waals surface area contributed by atoms with Crippen LogP contribution in [-0.4, -0.2) is 43.8 Å². The summed E-state index contributed by atoms with van der Waals surface area (Å²) < 4.78 is 33.6. The number of hydrogen-bond acceptors (Lipinski definition) is 6. The number of sulfonamides is 1.